The molecule has 0 radical (unpaired) electrons. The zero-order chi connectivity index (χ0) is 15.9. The molecule has 0 aliphatic carbocycles. The summed E-state index contributed by atoms with van der Waals surface area (Å²) in [6.07, 6.45) is 0.624. The fourth-order valence-electron chi connectivity index (χ4n) is 3.41. The van der Waals surface area contributed by atoms with Gasteiger partial charge in [0.05, 0.1) is 0 Å². The molecule has 0 spiro atoms. The molecule has 0 unspecified atom stereocenters. The number of hydrogen-bond donors (Lipinski definition) is 0. The molecule has 2 aliphatic rings. The number of hydrogen-bond acceptors (Lipinski definition) is 3. The van der Waals surface area contributed by atoms with Crippen LogP contribution in [0.4, 0.5) is 5.69 Å². The Balaban J connectivity index is 1.88. The number of para-hydroxylation sites is 1. The van der Waals surface area contributed by atoms with Crippen LogP contribution in [0.1, 0.15) is 26.3 Å². The summed E-state index contributed by atoms with van der Waals surface area (Å²) in [7, 11) is 0. The minimum atomic E-state index is -0.382. The lowest BCUT2D eigenvalue weighted by atomic mass is 10.1. The lowest BCUT2D eigenvalue weighted by Crippen LogP contribution is -2.55. The van der Waals surface area contributed by atoms with Gasteiger partial charge in [-0.1, -0.05) is 25.1 Å². The van der Waals surface area contributed by atoms with Crippen LogP contribution in [0, 0.1) is 0 Å². The molecule has 1 aromatic carbocycles. The Hall–Kier alpha value is -1.49. The summed E-state index contributed by atoms with van der Waals surface area (Å²) >= 11 is 1.91. The molecule has 0 N–H and O–H groups in total. The van der Waals surface area contributed by atoms with Gasteiger partial charge in [0.25, 0.3) is 0 Å². The van der Waals surface area contributed by atoms with E-state index >= 15 is 0 Å². The van der Waals surface area contributed by atoms with Gasteiger partial charge in [0.2, 0.25) is 11.8 Å². The number of rotatable bonds is 1. The maximum atomic E-state index is 13.1. The first-order valence-corrected chi connectivity index (χ1v) is 8.85. The van der Waals surface area contributed by atoms with E-state index in [9.17, 15) is 9.59 Å². The minimum absolute atomic E-state index is 0.0598. The molecule has 3 atom stereocenters. The van der Waals surface area contributed by atoms with Gasteiger partial charge in [-0.2, -0.15) is 11.8 Å². The lowest BCUT2D eigenvalue weighted by molar-refractivity contribution is -0.135. The van der Waals surface area contributed by atoms with Crippen molar-refractivity contribution in [2.24, 2.45) is 0 Å². The van der Waals surface area contributed by atoms with Crippen molar-refractivity contribution in [2.75, 3.05) is 17.2 Å². The average Bonchev–Trinajstić information content (AvgIpc) is 2.89. The molecule has 2 heterocycles. The first-order chi connectivity index (χ1) is 10.5. The van der Waals surface area contributed by atoms with Crippen molar-refractivity contribution in [3.05, 3.63) is 29.8 Å². The lowest BCUT2D eigenvalue weighted by Gasteiger charge is -2.40. The summed E-state index contributed by atoms with van der Waals surface area (Å²) < 4.78 is 0. The number of carbonyl (C=O) groups excluding carboxylic acids is 2. The molecular formula is C17H22N2O2S. The van der Waals surface area contributed by atoms with Gasteiger partial charge in [-0.3, -0.25) is 14.5 Å². The van der Waals surface area contributed by atoms with Crippen LogP contribution < -0.4 is 4.90 Å². The highest BCUT2D eigenvalue weighted by Gasteiger charge is 2.41. The van der Waals surface area contributed by atoms with Crippen LogP contribution in [0.15, 0.2) is 24.3 Å². The van der Waals surface area contributed by atoms with Gasteiger partial charge in [0.1, 0.15) is 6.04 Å². The van der Waals surface area contributed by atoms with E-state index in [-0.39, 0.29) is 23.9 Å². The van der Waals surface area contributed by atoms with E-state index in [0.717, 1.165) is 23.5 Å². The molecule has 118 valence electrons. The Kier molecular flexibility index (Phi) is 4.17. The summed E-state index contributed by atoms with van der Waals surface area (Å²) in [6, 6.07) is 7.66. The molecule has 22 heavy (non-hydrogen) atoms. The van der Waals surface area contributed by atoms with Crippen molar-refractivity contribution in [2.45, 2.75) is 44.5 Å². The highest BCUT2D eigenvalue weighted by molar-refractivity contribution is 8.00. The fourth-order valence-corrected chi connectivity index (χ4v) is 4.51. The molecule has 1 saturated heterocycles. The Morgan fingerprint density at radius 1 is 1.23 bits per heavy atom. The zero-order valence-corrected chi connectivity index (χ0v) is 14.1. The largest absolute Gasteiger partial charge is 0.336 e. The van der Waals surface area contributed by atoms with Crippen LogP contribution >= 0.6 is 11.8 Å². The zero-order valence-electron chi connectivity index (χ0n) is 13.3. The van der Waals surface area contributed by atoms with Crippen molar-refractivity contribution in [1.82, 2.24) is 4.90 Å². The van der Waals surface area contributed by atoms with E-state index in [0.29, 0.717) is 11.7 Å². The highest BCUT2D eigenvalue weighted by Crippen LogP contribution is 2.34. The number of thioether (sulfide) groups is 1. The van der Waals surface area contributed by atoms with Crippen molar-refractivity contribution in [3.8, 4) is 0 Å². The summed E-state index contributed by atoms with van der Waals surface area (Å²) in [6.45, 7) is 6.59. The number of nitrogens with zero attached hydrogens (tertiary/aromatic N) is 2. The molecule has 0 saturated carbocycles. The van der Waals surface area contributed by atoms with Gasteiger partial charge in [0, 0.05) is 42.6 Å². The Morgan fingerprint density at radius 2 is 1.95 bits per heavy atom. The normalized spacial score (nSPS) is 27.7. The number of anilines is 1. The molecule has 1 fully saturated rings. The quantitative estimate of drug-likeness (QED) is 0.798. The standard InChI is InChI=1S/C17H22N2O2S/c1-11-12(2)22-9-8-18(11)17(21)16-10-14-6-4-5-7-15(14)19(16)13(3)20/h4-7,11-12,16H,8-10H2,1-3H3/t11-,12-,16+/m1/s1. The summed E-state index contributed by atoms with van der Waals surface area (Å²) in [5, 5.41) is 0.437. The van der Waals surface area contributed by atoms with Gasteiger partial charge in [-0.15, -0.1) is 0 Å². The van der Waals surface area contributed by atoms with Gasteiger partial charge >= 0.3 is 0 Å². The first-order valence-electron chi connectivity index (χ1n) is 7.80. The second-order valence-corrected chi connectivity index (χ2v) is 7.57. The van der Waals surface area contributed by atoms with E-state index < -0.39 is 0 Å². The third kappa shape index (κ3) is 2.51. The molecule has 3 rings (SSSR count). The monoisotopic (exact) mass is 318 g/mol. The third-order valence-corrected chi connectivity index (χ3v) is 6.11. The Bertz CT molecular complexity index is 604. The first kappa shape index (κ1) is 15.4. The van der Waals surface area contributed by atoms with E-state index in [4.69, 9.17) is 0 Å². The molecule has 2 aliphatic heterocycles. The van der Waals surface area contributed by atoms with Crippen molar-refractivity contribution in [1.29, 1.82) is 0 Å². The van der Waals surface area contributed by atoms with E-state index in [1.807, 2.05) is 40.9 Å². The van der Waals surface area contributed by atoms with Crippen molar-refractivity contribution in [3.63, 3.8) is 0 Å². The SMILES string of the molecule is CC(=O)N1c2ccccc2C[C@H]1C(=O)N1CCS[C@H](C)[C@H]1C. The van der Waals surface area contributed by atoms with Crippen LogP contribution in [0.25, 0.3) is 0 Å². The van der Waals surface area contributed by atoms with Crippen LogP contribution in [-0.4, -0.2) is 46.3 Å². The molecular weight excluding hydrogens is 296 g/mol. The molecule has 1 aromatic rings. The summed E-state index contributed by atoms with van der Waals surface area (Å²) in [5.41, 5.74) is 1.98. The maximum absolute atomic E-state index is 13.1. The predicted molar refractivity (Wildman–Crippen MR) is 90.2 cm³/mol. The molecule has 0 bridgehead atoms. The second-order valence-electron chi connectivity index (χ2n) is 6.09. The number of benzene rings is 1. The van der Waals surface area contributed by atoms with Crippen molar-refractivity contribution < 1.29 is 9.59 Å². The second kappa shape index (κ2) is 5.95. The molecule has 4 nitrogen and oxygen atoms in total. The van der Waals surface area contributed by atoms with Gasteiger partial charge in [-0.25, -0.2) is 0 Å². The summed E-state index contributed by atoms with van der Waals surface area (Å²) in [5.74, 6) is 0.998. The van der Waals surface area contributed by atoms with E-state index in [2.05, 4.69) is 13.8 Å². The van der Waals surface area contributed by atoms with Gasteiger partial charge < -0.3 is 4.90 Å². The van der Waals surface area contributed by atoms with Gasteiger partial charge in [-0.05, 0) is 18.6 Å². The van der Waals surface area contributed by atoms with E-state index in [1.54, 1.807) is 11.8 Å². The number of carbonyl (C=O) groups is 2. The predicted octanol–water partition coefficient (Wildman–Crippen LogP) is 2.32. The van der Waals surface area contributed by atoms with Crippen LogP contribution in [0.3, 0.4) is 0 Å². The number of fused-ring (bicyclic) bond motifs is 1. The fraction of sp³-hybridized carbons (Fsp3) is 0.529. The molecule has 5 heteroatoms. The van der Waals surface area contributed by atoms with E-state index in [1.165, 1.54) is 0 Å². The average molecular weight is 318 g/mol. The Labute approximate surface area is 135 Å². The third-order valence-electron chi connectivity index (χ3n) is 4.77. The van der Waals surface area contributed by atoms with Crippen LogP contribution in [0.5, 0.6) is 0 Å². The van der Waals surface area contributed by atoms with Crippen LogP contribution in [0.2, 0.25) is 0 Å². The molecule has 0 aromatic heterocycles. The van der Waals surface area contributed by atoms with Gasteiger partial charge in [0.15, 0.2) is 0 Å². The highest BCUT2D eigenvalue weighted by atomic mass is 32.2. The maximum Gasteiger partial charge on any atom is 0.246 e. The van der Waals surface area contributed by atoms with Crippen LogP contribution in [-0.2, 0) is 16.0 Å². The minimum Gasteiger partial charge on any atom is -0.336 e. The molecule has 2 amide bonds. The Morgan fingerprint density at radius 3 is 2.68 bits per heavy atom. The smallest absolute Gasteiger partial charge is 0.246 e. The number of amides is 2. The summed E-state index contributed by atoms with van der Waals surface area (Å²) in [4.78, 5) is 28.8. The van der Waals surface area contributed by atoms with Crippen molar-refractivity contribution >= 4 is 29.3 Å². The topological polar surface area (TPSA) is 40.6 Å².